The minimum Gasteiger partial charge on any atom is -0.481 e. The molecule has 2 amide bonds. The highest BCUT2D eigenvalue weighted by Crippen LogP contribution is 2.48. The lowest BCUT2D eigenvalue weighted by Crippen LogP contribution is -2.52. The van der Waals surface area contributed by atoms with E-state index in [1.807, 2.05) is 13.8 Å². The van der Waals surface area contributed by atoms with E-state index in [2.05, 4.69) is 10.6 Å². The minimum atomic E-state index is -0.787. The van der Waals surface area contributed by atoms with Crippen molar-refractivity contribution in [2.45, 2.75) is 45.2 Å². The van der Waals surface area contributed by atoms with E-state index in [4.69, 9.17) is 4.74 Å². The third-order valence-corrected chi connectivity index (χ3v) is 4.45. The topological polar surface area (TPSA) is 87.7 Å². The zero-order chi connectivity index (χ0) is 14.7. The van der Waals surface area contributed by atoms with E-state index in [1.54, 1.807) is 0 Å². The fraction of sp³-hybridized carbons (Fsp3) is 0.857. The molecule has 2 aliphatic rings. The molecule has 114 valence electrons. The van der Waals surface area contributed by atoms with Crippen molar-refractivity contribution in [2.24, 2.45) is 17.8 Å². The van der Waals surface area contributed by atoms with E-state index in [1.165, 1.54) is 0 Å². The first-order chi connectivity index (χ1) is 9.52. The van der Waals surface area contributed by atoms with Gasteiger partial charge in [-0.15, -0.1) is 0 Å². The molecule has 2 aliphatic carbocycles. The zero-order valence-electron chi connectivity index (χ0n) is 12.1. The van der Waals surface area contributed by atoms with Crippen molar-refractivity contribution in [1.29, 1.82) is 0 Å². The maximum Gasteiger partial charge on any atom is 0.315 e. The molecule has 6 heteroatoms. The van der Waals surface area contributed by atoms with Crippen LogP contribution in [0.3, 0.4) is 0 Å². The van der Waals surface area contributed by atoms with Crippen LogP contribution in [0.1, 0.15) is 33.1 Å². The molecule has 0 heterocycles. The number of fused-ring (bicyclic) bond motifs is 2. The van der Waals surface area contributed by atoms with E-state index in [-0.39, 0.29) is 24.0 Å². The number of urea groups is 1. The maximum absolute atomic E-state index is 11.9. The Bertz CT molecular complexity index is 374. The molecular formula is C14H24N2O4. The summed E-state index contributed by atoms with van der Waals surface area (Å²) in [5.41, 5.74) is 0. The van der Waals surface area contributed by atoms with Gasteiger partial charge in [0, 0.05) is 12.6 Å². The monoisotopic (exact) mass is 284 g/mol. The minimum absolute atomic E-state index is 0.0863. The lowest BCUT2D eigenvalue weighted by molar-refractivity contribution is -0.144. The number of carboxylic acid groups (broad SMARTS) is 1. The highest BCUT2D eigenvalue weighted by atomic mass is 16.5. The number of rotatable bonds is 6. The standard InChI is InChI=1S/C14H24N2O4/c1-3-20-7-8(2)15-14(19)16-12-10-5-4-9(6-10)11(12)13(17)18/h8-12H,3-7H2,1-2H3,(H,17,18)(H2,15,16,19). The Labute approximate surface area is 119 Å². The summed E-state index contributed by atoms with van der Waals surface area (Å²) < 4.78 is 5.24. The summed E-state index contributed by atoms with van der Waals surface area (Å²) in [5, 5.41) is 15.0. The average Bonchev–Trinajstić information content (AvgIpc) is 2.96. The third kappa shape index (κ3) is 3.23. The van der Waals surface area contributed by atoms with Crippen molar-refractivity contribution in [1.82, 2.24) is 10.6 Å². The second kappa shape index (κ2) is 6.43. The summed E-state index contributed by atoms with van der Waals surface area (Å²) in [5.74, 6) is -0.677. The van der Waals surface area contributed by atoms with E-state index < -0.39 is 11.9 Å². The molecule has 0 aliphatic heterocycles. The van der Waals surface area contributed by atoms with Crippen LogP contribution >= 0.6 is 0 Å². The molecule has 20 heavy (non-hydrogen) atoms. The van der Waals surface area contributed by atoms with Gasteiger partial charge in [0.05, 0.1) is 18.6 Å². The number of aliphatic carboxylic acids is 1. The summed E-state index contributed by atoms with van der Waals surface area (Å²) in [6.07, 6.45) is 2.92. The highest BCUT2D eigenvalue weighted by Gasteiger charge is 2.51. The molecule has 0 aromatic rings. The van der Waals surface area contributed by atoms with E-state index >= 15 is 0 Å². The van der Waals surface area contributed by atoms with Crippen LogP contribution in [-0.4, -0.2) is 42.4 Å². The molecule has 0 aromatic carbocycles. The molecule has 2 rings (SSSR count). The Morgan fingerprint density at radius 2 is 2.05 bits per heavy atom. The van der Waals surface area contributed by atoms with E-state index in [0.717, 1.165) is 19.3 Å². The summed E-state index contributed by atoms with van der Waals surface area (Å²) in [4.78, 5) is 23.3. The fourth-order valence-electron chi connectivity index (χ4n) is 3.61. The molecule has 0 saturated heterocycles. The van der Waals surface area contributed by atoms with Crippen LogP contribution < -0.4 is 10.6 Å². The van der Waals surface area contributed by atoms with E-state index in [9.17, 15) is 14.7 Å². The second-order valence-electron chi connectivity index (χ2n) is 5.90. The van der Waals surface area contributed by atoms with Gasteiger partial charge in [-0.3, -0.25) is 4.79 Å². The van der Waals surface area contributed by atoms with Crippen LogP contribution in [0.25, 0.3) is 0 Å². The number of ether oxygens (including phenoxy) is 1. The number of nitrogens with one attached hydrogen (secondary N) is 2. The summed E-state index contributed by atoms with van der Waals surface area (Å²) in [7, 11) is 0. The molecule has 5 unspecified atom stereocenters. The molecule has 6 nitrogen and oxygen atoms in total. The van der Waals surface area contributed by atoms with Gasteiger partial charge in [0.1, 0.15) is 0 Å². The third-order valence-electron chi connectivity index (χ3n) is 4.45. The molecule has 3 N–H and O–H groups in total. The van der Waals surface area contributed by atoms with Gasteiger partial charge in [0.25, 0.3) is 0 Å². The van der Waals surface area contributed by atoms with Gasteiger partial charge in [-0.2, -0.15) is 0 Å². The van der Waals surface area contributed by atoms with Crippen molar-refractivity contribution in [2.75, 3.05) is 13.2 Å². The molecule has 5 atom stereocenters. The lowest BCUT2D eigenvalue weighted by atomic mass is 9.84. The van der Waals surface area contributed by atoms with Gasteiger partial charge in [-0.25, -0.2) is 4.79 Å². The summed E-state index contributed by atoms with van der Waals surface area (Å²) >= 11 is 0. The Hall–Kier alpha value is -1.30. The average molecular weight is 284 g/mol. The Morgan fingerprint density at radius 3 is 2.70 bits per heavy atom. The number of carboxylic acids is 1. The predicted octanol–water partition coefficient (Wildman–Crippen LogP) is 1.21. The van der Waals surface area contributed by atoms with E-state index in [0.29, 0.717) is 19.1 Å². The van der Waals surface area contributed by atoms with Crippen molar-refractivity contribution in [3.8, 4) is 0 Å². The first-order valence-electron chi connectivity index (χ1n) is 7.40. The molecule has 2 bridgehead atoms. The van der Waals surface area contributed by atoms with Gasteiger partial charge >= 0.3 is 12.0 Å². The van der Waals surface area contributed by atoms with Crippen molar-refractivity contribution >= 4 is 12.0 Å². The van der Waals surface area contributed by atoms with Crippen molar-refractivity contribution < 1.29 is 19.4 Å². The number of amides is 2. The predicted molar refractivity (Wildman–Crippen MR) is 73.4 cm³/mol. The Balaban J connectivity index is 1.85. The Morgan fingerprint density at radius 1 is 1.35 bits per heavy atom. The van der Waals surface area contributed by atoms with Crippen LogP contribution in [0.2, 0.25) is 0 Å². The van der Waals surface area contributed by atoms with Crippen LogP contribution in [0.4, 0.5) is 4.79 Å². The molecule has 0 aromatic heterocycles. The van der Waals surface area contributed by atoms with Gasteiger partial charge in [-0.1, -0.05) is 0 Å². The van der Waals surface area contributed by atoms with Crippen LogP contribution in [0, 0.1) is 17.8 Å². The summed E-state index contributed by atoms with van der Waals surface area (Å²) in [6.45, 7) is 4.84. The first kappa shape index (κ1) is 15.1. The molecule has 2 fully saturated rings. The Kier molecular flexibility index (Phi) is 4.86. The lowest BCUT2D eigenvalue weighted by Gasteiger charge is -2.29. The van der Waals surface area contributed by atoms with Crippen molar-refractivity contribution in [3.63, 3.8) is 0 Å². The van der Waals surface area contributed by atoms with Crippen LogP contribution in [-0.2, 0) is 9.53 Å². The highest BCUT2D eigenvalue weighted by molar-refractivity contribution is 5.77. The first-order valence-corrected chi connectivity index (χ1v) is 7.40. The van der Waals surface area contributed by atoms with Gasteiger partial charge in [-0.05, 0) is 44.9 Å². The number of carbonyl (C=O) groups excluding carboxylic acids is 1. The van der Waals surface area contributed by atoms with Crippen LogP contribution in [0.5, 0.6) is 0 Å². The number of hydrogen-bond donors (Lipinski definition) is 3. The maximum atomic E-state index is 11.9. The molecule has 0 radical (unpaired) electrons. The second-order valence-corrected chi connectivity index (χ2v) is 5.90. The molecule has 0 spiro atoms. The van der Waals surface area contributed by atoms with Crippen LogP contribution in [0.15, 0.2) is 0 Å². The molecular weight excluding hydrogens is 260 g/mol. The largest absolute Gasteiger partial charge is 0.481 e. The smallest absolute Gasteiger partial charge is 0.315 e. The number of hydrogen-bond acceptors (Lipinski definition) is 3. The SMILES string of the molecule is CCOCC(C)NC(=O)NC1C2CCC(C2)C1C(=O)O. The van der Waals surface area contributed by atoms with Gasteiger partial charge < -0.3 is 20.5 Å². The fourth-order valence-corrected chi connectivity index (χ4v) is 3.61. The van der Waals surface area contributed by atoms with Gasteiger partial charge in [0.2, 0.25) is 0 Å². The quantitative estimate of drug-likeness (QED) is 0.684. The molecule has 2 saturated carbocycles. The van der Waals surface area contributed by atoms with Crippen molar-refractivity contribution in [3.05, 3.63) is 0 Å². The summed E-state index contributed by atoms with van der Waals surface area (Å²) in [6, 6.07) is -0.608. The number of carbonyl (C=O) groups is 2. The van der Waals surface area contributed by atoms with Gasteiger partial charge in [0.15, 0.2) is 0 Å². The normalized spacial score (nSPS) is 32.9. The zero-order valence-corrected chi connectivity index (χ0v) is 12.1.